The maximum Gasteiger partial charge on any atom is 0.266 e. The molecule has 4 rings (SSSR count). The lowest BCUT2D eigenvalue weighted by atomic mass is 10.1. The molecule has 3 aromatic carbocycles. The Hall–Kier alpha value is -2.80. The Kier molecular flexibility index (Phi) is 6.55. The van der Waals surface area contributed by atoms with E-state index in [-0.39, 0.29) is 17.2 Å². The second-order valence-corrected chi connectivity index (χ2v) is 9.09. The molecule has 0 fully saturated rings. The molecule has 5 nitrogen and oxygen atoms in total. The van der Waals surface area contributed by atoms with Gasteiger partial charge in [-0.3, -0.25) is 14.2 Å². The predicted molar refractivity (Wildman–Crippen MR) is 133 cm³/mol. The number of anilines is 1. The van der Waals surface area contributed by atoms with E-state index in [0.717, 1.165) is 11.1 Å². The molecule has 0 saturated heterocycles. The number of para-hydroxylation sites is 2. The van der Waals surface area contributed by atoms with Crippen LogP contribution in [0.3, 0.4) is 0 Å². The normalized spacial score (nSPS) is 11.0. The minimum absolute atomic E-state index is 0.0249. The Bertz CT molecular complexity index is 1360. The molecule has 0 unspecified atom stereocenters. The first kappa shape index (κ1) is 22.4. The van der Waals surface area contributed by atoms with Gasteiger partial charge in [0.25, 0.3) is 5.56 Å². The van der Waals surface area contributed by atoms with Gasteiger partial charge in [-0.15, -0.1) is 0 Å². The molecule has 0 bridgehead atoms. The molecular formula is C24H19Cl2N3O2S. The van der Waals surface area contributed by atoms with Crippen molar-refractivity contribution >= 4 is 57.5 Å². The zero-order valence-corrected chi connectivity index (χ0v) is 19.7. The maximum absolute atomic E-state index is 13.4. The van der Waals surface area contributed by atoms with Crippen LogP contribution >= 0.6 is 35.0 Å². The molecule has 0 radical (unpaired) electrons. The Morgan fingerprint density at radius 3 is 2.34 bits per heavy atom. The Labute approximate surface area is 199 Å². The third kappa shape index (κ3) is 4.67. The summed E-state index contributed by atoms with van der Waals surface area (Å²) >= 11 is 13.5. The highest BCUT2D eigenvalue weighted by Gasteiger charge is 2.16. The third-order valence-corrected chi connectivity index (χ3v) is 6.34. The van der Waals surface area contributed by atoms with Gasteiger partial charge in [-0.2, -0.15) is 0 Å². The van der Waals surface area contributed by atoms with Gasteiger partial charge in [0.1, 0.15) is 0 Å². The summed E-state index contributed by atoms with van der Waals surface area (Å²) in [6.45, 7) is 3.95. The van der Waals surface area contributed by atoms with Crippen molar-refractivity contribution in [1.29, 1.82) is 0 Å². The number of benzene rings is 3. The van der Waals surface area contributed by atoms with Crippen LogP contribution in [0.4, 0.5) is 5.69 Å². The zero-order valence-electron chi connectivity index (χ0n) is 17.4. The van der Waals surface area contributed by atoms with Gasteiger partial charge in [0.2, 0.25) is 5.91 Å². The van der Waals surface area contributed by atoms with Crippen LogP contribution in [0.2, 0.25) is 10.0 Å². The Morgan fingerprint density at radius 1 is 1.00 bits per heavy atom. The number of fused-ring (bicyclic) bond motifs is 1. The SMILES string of the molecule is Cc1cc(C)cc(-n2c(SCC(=O)Nc3c(Cl)cccc3Cl)nc3ccccc3c2=O)c1. The summed E-state index contributed by atoms with van der Waals surface area (Å²) in [5, 5.41) is 4.39. The van der Waals surface area contributed by atoms with Crippen LogP contribution in [0, 0.1) is 13.8 Å². The van der Waals surface area contributed by atoms with E-state index >= 15 is 0 Å². The molecule has 0 aliphatic heterocycles. The second kappa shape index (κ2) is 9.36. The number of aryl methyl sites for hydroxylation is 2. The van der Waals surface area contributed by atoms with Crippen molar-refractivity contribution in [1.82, 2.24) is 9.55 Å². The molecule has 0 aliphatic rings. The lowest BCUT2D eigenvalue weighted by Gasteiger charge is -2.15. The highest BCUT2D eigenvalue weighted by molar-refractivity contribution is 7.99. The van der Waals surface area contributed by atoms with E-state index in [2.05, 4.69) is 10.3 Å². The van der Waals surface area contributed by atoms with E-state index in [4.69, 9.17) is 23.2 Å². The topological polar surface area (TPSA) is 64.0 Å². The first-order valence-electron chi connectivity index (χ1n) is 9.80. The molecule has 1 amide bonds. The minimum atomic E-state index is -0.306. The maximum atomic E-state index is 13.4. The number of thioether (sulfide) groups is 1. The summed E-state index contributed by atoms with van der Waals surface area (Å²) in [7, 11) is 0. The minimum Gasteiger partial charge on any atom is -0.323 e. The van der Waals surface area contributed by atoms with Crippen LogP contribution in [0.1, 0.15) is 11.1 Å². The number of nitrogens with zero attached hydrogens (tertiary/aromatic N) is 2. The third-order valence-electron chi connectivity index (χ3n) is 4.77. The first-order chi connectivity index (χ1) is 15.3. The fourth-order valence-corrected chi connectivity index (χ4v) is 4.74. The summed E-state index contributed by atoms with van der Waals surface area (Å²) in [6.07, 6.45) is 0. The van der Waals surface area contributed by atoms with Crippen LogP contribution < -0.4 is 10.9 Å². The monoisotopic (exact) mass is 483 g/mol. The number of halogens is 2. The molecule has 8 heteroatoms. The lowest BCUT2D eigenvalue weighted by molar-refractivity contribution is -0.113. The number of carbonyl (C=O) groups excluding carboxylic acids is 1. The molecule has 1 heterocycles. The summed E-state index contributed by atoms with van der Waals surface area (Å²) in [5.41, 5.74) is 3.53. The zero-order chi connectivity index (χ0) is 22.8. The van der Waals surface area contributed by atoms with Crippen molar-refractivity contribution in [2.24, 2.45) is 0 Å². The fraction of sp³-hybridized carbons (Fsp3) is 0.125. The van der Waals surface area contributed by atoms with E-state index in [1.807, 2.05) is 44.2 Å². The lowest BCUT2D eigenvalue weighted by Crippen LogP contribution is -2.23. The van der Waals surface area contributed by atoms with Crippen molar-refractivity contribution in [2.45, 2.75) is 19.0 Å². The average Bonchev–Trinajstić information content (AvgIpc) is 2.74. The summed E-state index contributed by atoms with van der Waals surface area (Å²) in [6, 6.07) is 18.1. The highest BCUT2D eigenvalue weighted by Crippen LogP contribution is 2.30. The van der Waals surface area contributed by atoms with E-state index < -0.39 is 0 Å². The van der Waals surface area contributed by atoms with Gasteiger partial charge in [-0.05, 0) is 61.4 Å². The van der Waals surface area contributed by atoms with Gasteiger partial charge >= 0.3 is 0 Å². The quantitative estimate of drug-likeness (QED) is 0.277. The number of amides is 1. The number of rotatable bonds is 5. The Morgan fingerprint density at radius 2 is 1.66 bits per heavy atom. The molecule has 162 valence electrons. The summed E-state index contributed by atoms with van der Waals surface area (Å²) < 4.78 is 1.56. The fourth-order valence-electron chi connectivity index (χ4n) is 3.44. The van der Waals surface area contributed by atoms with Crippen LogP contribution in [-0.2, 0) is 4.79 Å². The van der Waals surface area contributed by atoms with Gasteiger partial charge < -0.3 is 5.32 Å². The van der Waals surface area contributed by atoms with Crippen LogP contribution in [0.15, 0.2) is 70.6 Å². The first-order valence-corrected chi connectivity index (χ1v) is 11.5. The number of carbonyl (C=O) groups is 1. The number of nitrogens with one attached hydrogen (secondary N) is 1. The molecule has 0 atom stereocenters. The van der Waals surface area contributed by atoms with Crippen molar-refractivity contribution < 1.29 is 4.79 Å². The van der Waals surface area contributed by atoms with Crippen LogP contribution in [0.25, 0.3) is 16.6 Å². The molecular weight excluding hydrogens is 465 g/mol. The van der Waals surface area contributed by atoms with E-state index in [9.17, 15) is 9.59 Å². The van der Waals surface area contributed by atoms with Crippen molar-refractivity contribution in [2.75, 3.05) is 11.1 Å². The van der Waals surface area contributed by atoms with Gasteiger partial charge in [0, 0.05) is 0 Å². The van der Waals surface area contributed by atoms with Crippen molar-refractivity contribution in [3.63, 3.8) is 0 Å². The van der Waals surface area contributed by atoms with E-state index in [0.29, 0.717) is 37.5 Å². The number of hydrogen-bond donors (Lipinski definition) is 1. The largest absolute Gasteiger partial charge is 0.323 e. The number of hydrogen-bond acceptors (Lipinski definition) is 4. The second-order valence-electron chi connectivity index (χ2n) is 7.33. The van der Waals surface area contributed by atoms with E-state index in [1.165, 1.54) is 11.8 Å². The molecule has 0 saturated carbocycles. The molecule has 1 N–H and O–H groups in total. The standard InChI is InChI=1S/C24H19Cl2N3O2S/c1-14-10-15(2)12-16(11-14)29-23(31)17-6-3-4-9-20(17)27-24(29)32-13-21(30)28-22-18(25)7-5-8-19(22)26/h3-12H,13H2,1-2H3,(H,28,30). The van der Waals surface area contributed by atoms with Gasteiger partial charge in [-0.25, -0.2) is 4.98 Å². The molecule has 32 heavy (non-hydrogen) atoms. The van der Waals surface area contributed by atoms with Gasteiger partial charge in [0.15, 0.2) is 5.16 Å². The van der Waals surface area contributed by atoms with Crippen LogP contribution in [-0.4, -0.2) is 21.2 Å². The van der Waals surface area contributed by atoms with Crippen molar-refractivity contribution in [3.05, 3.63) is 92.2 Å². The molecule has 0 spiro atoms. The average molecular weight is 484 g/mol. The summed E-state index contributed by atoms with van der Waals surface area (Å²) in [5.74, 6) is -0.281. The van der Waals surface area contributed by atoms with Crippen LogP contribution in [0.5, 0.6) is 0 Å². The predicted octanol–water partition coefficient (Wildman–Crippen LogP) is 6.04. The number of aromatic nitrogens is 2. The van der Waals surface area contributed by atoms with E-state index in [1.54, 1.807) is 34.9 Å². The highest BCUT2D eigenvalue weighted by atomic mass is 35.5. The molecule has 0 aliphatic carbocycles. The smallest absolute Gasteiger partial charge is 0.266 e. The van der Waals surface area contributed by atoms with Gasteiger partial charge in [0.05, 0.1) is 38.1 Å². The Balaban J connectivity index is 1.71. The molecule has 1 aromatic heterocycles. The van der Waals surface area contributed by atoms with Crippen molar-refractivity contribution in [3.8, 4) is 5.69 Å². The summed E-state index contributed by atoms with van der Waals surface area (Å²) in [4.78, 5) is 30.7. The molecule has 4 aromatic rings. The van der Waals surface area contributed by atoms with Gasteiger partial charge in [-0.1, -0.05) is 59.2 Å².